The minimum absolute atomic E-state index is 0.0145. The fraction of sp³-hybridized carbons (Fsp3) is 0.545. The molecular formula is C11H15BrN2OS. The van der Waals surface area contributed by atoms with Gasteiger partial charge in [0.1, 0.15) is 0 Å². The average Bonchev–Trinajstić information content (AvgIpc) is 2.61. The van der Waals surface area contributed by atoms with Gasteiger partial charge in [0, 0.05) is 13.1 Å². The van der Waals surface area contributed by atoms with Crippen LogP contribution in [-0.4, -0.2) is 24.0 Å². The van der Waals surface area contributed by atoms with Gasteiger partial charge in [-0.3, -0.25) is 10.2 Å². The minimum atomic E-state index is 0.0145. The molecule has 0 atom stereocenters. The van der Waals surface area contributed by atoms with Crippen LogP contribution < -0.4 is 5.43 Å². The zero-order chi connectivity index (χ0) is 11.5. The number of piperidine rings is 1. The Balaban J connectivity index is 1.96. The van der Waals surface area contributed by atoms with E-state index in [1.54, 1.807) is 0 Å². The maximum atomic E-state index is 11.9. The van der Waals surface area contributed by atoms with Crippen molar-refractivity contribution in [2.45, 2.75) is 26.2 Å². The summed E-state index contributed by atoms with van der Waals surface area (Å²) in [4.78, 5) is 12.7. The highest BCUT2D eigenvalue weighted by Crippen LogP contribution is 2.27. The number of nitrogens with zero attached hydrogens (tertiary/aromatic N) is 1. The van der Waals surface area contributed by atoms with Crippen LogP contribution in [0.25, 0.3) is 0 Å². The van der Waals surface area contributed by atoms with Crippen molar-refractivity contribution in [3.05, 3.63) is 20.3 Å². The van der Waals surface area contributed by atoms with Crippen LogP contribution in [0.1, 0.15) is 34.5 Å². The van der Waals surface area contributed by atoms with E-state index in [1.165, 1.54) is 30.6 Å². The number of halogens is 1. The zero-order valence-corrected chi connectivity index (χ0v) is 11.7. The molecule has 0 radical (unpaired) electrons. The largest absolute Gasteiger partial charge is 0.284 e. The molecule has 88 valence electrons. The van der Waals surface area contributed by atoms with Gasteiger partial charge in [0.25, 0.3) is 5.91 Å². The highest BCUT2D eigenvalue weighted by atomic mass is 79.9. The standard InChI is InChI=1S/C11H15BrN2OS/c1-8-7-9(16-10(8)12)11(15)13-14-5-3-2-4-6-14/h7H,2-6H2,1H3,(H,13,15). The number of hydrogen-bond acceptors (Lipinski definition) is 3. The molecule has 0 aliphatic carbocycles. The van der Waals surface area contributed by atoms with Crippen LogP contribution in [0.4, 0.5) is 0 Å². The van der Waals surface area contributed by atoms with Crippen molar-refractivity contribution in [1.82, 2.24) is 10.4 Å². The summed E-state index contributed by atoms with van der Waals surface area (Å²) in [5.41, 5.74) is 4.08. The van der Waals surface area contributed by atoms with Crippen molar-refractivity contribution in [3.63, 3.8) is 0 Å². The molecule has 1 aliphatic rings. The number of amides is 1. The van der Waals surface area contributed by atoms with Crippen LogP contribution >= 0.6 is 27.3 Å². The Morgan fingerprint density at radius 1 is 1.44 bits per heavy atom. The average molecular weight is 303 g/mol. The number of carbonyl (C=O) groups excluding carboxylic acids is 1. The van der Waals surface area contributed by atoms with Crippen molar-refractivity contribution in [2.24, 2.45) is 0 Å². The van der Waals surface area contributed by atoms with Crippen LogP contribution in [0.15, 0.2) is 9.85 Å². The second-order valence-electron chi connectivity index (χ2n) is 4.06. The number of hydrogen-bond donors (Lipinski definition) is 1. The molecule has 1 aromatic rings. The Bertz CT molecular complexity index is 366. The van der Waals surface area contributed by atoms with Gasteiger partial charge >= 0.3 is 0 Å². The number of carbonyl (C=O) groups is 1. The Morgan fingerprint density at radius 2 is 2.12 bits per heavy atom. The summed E-state index contributed by atoms with van der Waals surface area (Å²) < 4.78 is 1.04. The summed E-state index contributed by atoms with van der Waals surface area (Å²) in [6.07, 6.45) is 3.62. The van der Waals surface area contributed by atoms with Crippen LogP contribution in [0.3, 0.4) is 0 Å². The molecular weight excluding hydrogens is 288 g/mol. The summed E-state index contributed by atoms with van der Waals surface area (Å²) in [5.74, 6) is 0.0145. The molecule has 0 bridgehead atoms. The summed E-state index contributed by atoms with van der Waals surface area (Å²) in [7, 11) is 0. The van der Waals surface area contributed by atoms with Crippen LogP contribution in [0.5, 0.6) is 0 Å². The van der Waals surface area contributed by atoms with E-state index in [9.17, 15) is 4.79 Å². The first-order valence-corrected chi connectivity index (χ1v) is 7.09. The molecule has 1 saturated heterocycles. The van der Waals surface area contributed by atoms with Crippen molar-refractivity contribution in [3.8, 4) is 0 Å². The maximum Gasteiger partial charge on any atom is 0.275 e. The molecule has 0 unspecified atom stereocenters. The molecule has 0 spiro atoms. The third-order valence-corrected chi connectivity index (χ3v) is 4.83. The molecule has 1 amide bonds. The van der Waals surface area contributed by atoms with E-state index >= 15 is 0 Å². The maximum absolute atomic E-state index is 11.9. The monoisotopic (exact) mass is 302 g/mol. The third kappa shape index (κ3) is 2.84. The van der Waals surface area contributed by atoms with Crippen LogP contribution in [0, 0.1) is 6.92 Å². The van der Waals surface area contributed by atoms with Crippen LogP contribution in [0.2, 0.25) is 0 Å². The highest BCUT2D eigenvalue weighted by molar-refractivity contribution is 9.11. The van der Waals surface area contributed by atoms with Gasteiger partial charge in [0.2, 0.25) is 0 Å². The number of aryl methyl sites for hydroxylation is 1. The number of nitrogens with one attached hydrogen (secondary N) is 1. The van der Waals surface area contributed by atoms with E-state index in [1.807, 2.05) is 18.0 Å². The Labute approximate surface area is 108 Å². The molecule has 1 aliphatic heterocycles. The highest BCUT2D eigenvalue weighted by Gasteiger charge is 2.16. The lowest BCUT2D eigenvalue weighted by Crippen LogP contribution is -2.44. The lowest BCUT2D eigenvalue weighted by Gasteiger charge is -2.26. The summed E-state index contributed by atoms with van der Waals surface area (Å²) in [6, 6.07) is 1.92. The van der Waals surface area contributed by atoms with Gasteiger partial charge in [-0.2, -0.15) is 0 Å². The van der Waals surface area contributed by atoms with Gasteiger partial charge in [-0.25, -0.2) is 5.01 Å². The molecule has 0 saturated carbocycles. The number of rotatable bonds is 2. The molecule has 1 fully saturated rings. The van der Waals surface area contributed by atoms with Crippen LogP contribution in [-0.2, 0) is 0 Å². The van der Waals surface area contributed by atoms with Gasteiger partial charge in [-0.15, -0.1) is 11.3 Å². The second kappa shape index (κ2) is 5.29. The SMILES string of the molecule is Cc1cc(C(=O)NN2CCCCC2)sc1Br. The fourth-order valence-corrected chi connectivity index (χ4v) is 3.20. The van der Waals surface area contributed by atoms with Crippen molar-refractivity contribution < 1.29 is 4.79 Å². The number of hydrazine groups is 1. The van der Waals surface area contributed by atoms with Gasteiger partial charge in [0.05, 0.1) is 8.66 Å². The first-order chi connectivity index (χ1) is 7.66. The van der Waals surface area contributed by atoms with E-state index in [0.29, 0.717) is 0 Å². The molecule has 0 aromatic carbocycles. The normalized spacial score (nSPS) is 17.4. The van der Waals surface area contributed by atoms with Gasteiger partial charge < -0.3 is 0 Å². The molecule has 2 heterocycles. The van der Waals surface area contributed by atoms with Gasteiger partial charge in [-0.05, 0) is 47.3 Å². The van der Waals surface area contributed by atoms with Gasteiger partial charge in [-0.1, -0.05) is 6.42 Å². The Morgan fingerprint density at radius 3 is 2.69 bits per heavy atom. The smallest absolute Gasteiger partial charge is 0.275 e. The molecule has 1 N–H and O–H groups in total. The zero-order valence-electron chi connectivity index (χ0n) is 9.25. The van der Waals surface area contributed by atoms with Crippen molar-refractivity contribution >= 4 is 33.2 Å². The van der Waals surface area contributed by atoms with E-state index in [-0.39, 0.29) is 5.91 Å². The Kier molecular flexibility index (Phi) is 4.00. The number of thiophene rings is 1. The van der Waals surface area contributed by atoms with E-state index in [4.69, 9.17) is 0 Å². The van der Waals surface area contributed by atoms with Gasteiger partial charge in [0.15, 0.2) is 0 Å². The van der Waals surface area contributed by atoms with E-state index in [0.717, 1.165) is 27.3 Å². The fourth-order valence-electron chi connectivity index (χ4n) is 1.78. The summed E-state index contributed by atoms with van der Waals surface area (Å²) in [5, 5.41) is 2.02. The minimum Gasteiger partial charge on any atom is -0.284 e. The predicted octanol–water partition coefficient (Wildman–Crippen LogP) is 2.95. The quantitative estimate of drug-likeness (QED) is 0.911. The first-order valence-electron chi connectivity index (χ1n) is 5.48. The molecule has 1 aromatic heterocycles. The van der Waals surface area contributed by atoms with Crippen molar-refractivity contribution in [2.75, 3.05) is 13.1 Å². The Hall–Kier alpha value is -0.390. The first kappa shape index (κ1) is 12.1. The van der Waals surface area contributed by atoms with E-state index in [2.05, 4.69) is 21.4 Å². The lowest BCUT2D eigenvalue weighted by molar-refractivity contribution is 0.0754. The van der Waals surface area contributed by atoms with E-state index < -0.39 is 0 Å². The lowest BCUT2D eigenvalue weighted by atomic mass is 10.2. The van der Waals surface area contributed by atoms with Crippen molar-refractivity contribution in [1.29, 1.82) is 0 Å². The molecule has 16 heavy (non-hydrogen) atoms. The second-order valence-corrected chi connectivity index (χ2v) is 6.43. The molecule has 5 heteroatoms. The third-order valence-electron chi connectivity index (χ3n) is 2.70. The molecule has 3 nitrogen and oxygen atoms in total. The summed E-state index contributed by atoms with van der Waals surface area (Å²) in [6.45, 7) is 3.94. The predicted molar refractivity (Wildman–Crippen MR) is 69.6 cm³/mol. The molecule has 2 rings (SSSR count). The summed E-state index contributed by atoms with van der Waals surface area (Å²) >= 11 is 4.92. The topological polar surface area (TPSA) is 32.3 Å².